The van der Waals surface area contributed by atoms with E-state index in [1.807, 2.05) is 4.90 Å². The lowest BCUT2D eigenvalue weighted by Gasteiger charge is -2.59. The summed E-state index contributed by atoms with van der Waals surface area (Å²) in [6.07, 6.45) is -1.25. The second-order valence-corrected chi connectivity index (χ2v) is 10.6. The molecule has 2 unspecified atom stereocenters. The molecule has 4 saturated carbocycles. The van der Waals surface area contributed by atoms with Crippen LogP contribution in [-0.2, 0) is 27.0 Å². The van der Waals surface area contributed by atoms with Gasteiger partial charge in [0.2, 0.25) is 5.91 Å². The maximum absolute atomic E-state index is 13.6. The van der Waals surface area contributed by atoms with Gasteiger partial charge in [0.15, 0.2) is 0 Å². The summed E-state index contributed by atoms with van der Waals surface area (Å²) in [6.45, 7) is 1.13. The van der Waals surface area contributed by atoms with E-state index in [9.17, 15) is 27.2 Å². The van der Waals surface area contributed by atoms with Crippen LogP contribution in [0.4, 0.5) is 17.6 Å². The van der Waals surface area contributed by atoms with Gasteiger partial charge in [-0.05, 0) is 67.6 Å². The number of halogens is 4. The van der Waals surface area contributed by atoms with Crippen molar-refractivity contribution < 1.29 is 31.9 Å². The van der Waals surface area contributed by atoms with Gasteiger partial charge in [-0.2, -0.15) is 13.2 Å². The maximum Gasteiger partial charge on any atom is 0.419 e. The van der Waals surface area contributed by atoms with Crippen molar-refractivity contribution in [2.45, 2.75) is 57.0 Å². The highest BCUT2D eigenvalue weighted by Gasteiger charge is 2.58. The van der Waals surface area contributed by atoms with Crippen molar-refractivity contribution in [3.63, 3.8) is 0 Å². The zero-order chi connectivity index (χ0) is 24.3. The molecule has 186 valence electrons. The fourth-order valence-electron chi connectivity index (χ4n) is 6.97. The molecule has 0 aromatic heterocycles. The predicted molar refractivity (Wildman–Crippen MR) is 114 cm³/mol. The minimum atomic E-state index is -4.76. The Morgan fingerprint density at radius 2 is 1.88 bits per heavy atom. The molecule has 2 amide bonds. The smallest absolute Gasteiger partial charge is 0.369 e. The number of rotatable bonds is 5. The SMILES string of the molecule is NC(=O)C12CC3CC(C1)C(NC(=O)[C@H]1CN(Cc4ccc(F)c(C(F)(F)F)c4)CCO1)C(C3)C2. The number of hydrogen-bond acceptors (Lipinski definition) is 4. The molecule has 1 aromatic carbocycles. The Kier molecular flexibility index (Phi) is 5.87. The molecule has 3 N–H and O–H groups in total. The molecule has 1 heterocycles. The third-order valence-corrected chi connectivity index (χ3v) is 8.29. The van der Waals surface area contributed by atoms with E-state index in [0.717, 1.165) is 31.4 Å². The number of primary amides is 1. The molecule has 4 aliphatic carbocycles. The summed E-state index contributed by atoms with van der Waals surface area (Å²) in [5.41, 5.74) is 4.35. The van der Waals surface area contributed by atoms with Crippen molar-refractivity contribution in [2.24, 2.45) is 28.9 Å². The Bertz CT molecular complexity index is 969. The van der Waals surface area contributed by atoms with E-state index in [4.69, 9.17) is 10.5 Å². The van der Waals surface area contributed by atoms with Crippen LogP contribution in [0.1, 0.15) is 43.2 Å². The number of nitrogens with two attached hydrogens (primary N) is 1. The molecule has 5 aliphatic rings. The third-order valence-electron chi connectivity index (χ3n) is 8.29. The molecule has 10 heteroatoms. The number of carbonyl (C=O) groups excluding carboxylic acids is 2. The van der Waals surface area contributed by atoms with Gasteiger partial charge >= 0.3 is 6.18 Å². The summed E-state index contributed by atoms with van der Waals surface area (Å²) in [7, 11) is 0. The topological polar surface area (TPSA) is 84.7 Å². The Labute approximate surface area is 195 Å². The summed E-state index contributed by atoms with van der Waals surface area (Å²) >= 11 is 0. The van der Waals surface area contributed by atoms with Crippen molar-refractivity contribution in [1.82, 2.24) is 10.2 Å². The maximum atomic E-state index is 13.6. The lowest BCUT2D eigenvalue weighted by molar-refractivity contribution is -0.151. The summed E-state index contributed by atoms with van der Waals surface area (Å²) in [4.78, 5) is 27.1. The molecule has 6 nitrogen and oxygen atoms in total. The van der Waals surface area contributed by atoms with Crippen LogP contribution in [0.15, 0.2) is 18.2 Å². The van der Waals surface area contributed by atoms with Gasteiger partial charge in [0.05, 0.1) is 12.2 Å². The van der Waals surface area contributed by atoms with E-state index in [1.165, 1.54) is 6.07 Å². The first-order chi connectivity index (χ1) is 16.0. The molecule has 0 spiro atoms. The molecule has 1 aliphatic heterocycles. The molecule has 4 bridgehead atoms. The van der Waals surface area contributed by atoms with Gasteiger partial charge in [-0.1, -0.05) is 6.07 Å². The molecular weight excluding hydrogens is 454 g/mol. The number of hydrogen-bond donors (Lipinski definition) is 2. The number of amides is 2. The molecule has 1 aromatic rings. The van der Waals surface area contributed by atoms with Crippen molar-refractivity contribution in [1.29, 1.82) is 0 Å². The second-order valence-electron chi connectivity index (χ2n) is 10.6. The van der Waals surface area contributed by atoms with Crippen LogP contribution in [0, 0.1) is 29.0 Å². The van der Waals surface area contributed by atoms with E-state index in [1.54, 1.807) is 0 Å². The first-order valence-corrected chi connectivity index (χ1v) is 11.8. The molecule has 1 saturated heterocycles. The second kappa shape index (κ2) is 8.48. The highest BCUT2D eigenvalue weighted by molar-refractivity contribution is 5.83. The van der Waals surface area contributed by atoms with Crippen molar-refractivity contribution in [3.05, 3.63) is 35.1 Å². The first kappa shape index (κ1) is 23.5. The first-order valence-electron chi connectivity index (χ1n) is 11.8. The van der Waals surface area contributed by atoms with Gasteiger partial charge in [-0.25, -0.2) is 4.39 Å². The minimum absolute atomic E-state index is 0.0121. The van der Waals surface area contributed by atoms with Crippen molar-refractivity contribution in [3.8, 4) is 0 Å². The molecule has 0 radical (unpaired) electrons. The molecule has 6 rings (SSSR count). The van der Waals surface area contributed by atoms with Crippen LogP contribution in [0.5, 0.6) is 0 Å². The van der Waals surface area contributed by atoms with Gasteiger partial charge in [0, 0.05) is 31.1 Å². The number of alkyl halides is 3. The summed E-state index contributed by atoms with van der Waals surface area (Å²) < 4.78 is 58.4. The third kappa shape index (κ3) is 4.30. The highest BCUT2D eigenvalue weighted by atomic mass is 19.4. The Hall–Kier alpha value is -2.20. The summed E-state index contributed by atoms with van der Waals surface area (Å²) in [5, 5.41) is 3.17. The van der Waals surface area contributed by atoms with Gasteiger partial charge in [0.25, 0.3) is 5.91 Å². The molecule has 34 heavy (non-hydrogen) atoms. The Morgan fingerprint density at radius 1 is 1.18 bits per heavy atom. The van der Waals surface area contributed by atoms with E-state index in [-0.39, 0.29) is 49.4 Å². The van der Waals surface area contributed by atoms with E-state index >= 15 is 0 Å². The van der Waals surface area contributed by atoms with Crippen LogP contribution in [0.2, 0.25) is 0 Å². The van der Waals surface area contributed by atoms with Gasteiger partial charge in [-0.15, -0.1) is 0 Å². The van der Waals surface area contributed by atoms with E-state index in [2.05, 4.69) is 5.32 Å². The van der Waals surface area contributed by atoms with Gasteiger partial charge in [0.1, 0.15) is 11.9 Å². The Morgan fingerprint density at radius 3 is 2.53 bits per heavy atom. The largest absolute Gasteiger partial charge is 0.419 e. The number of ether oxygens (including phenoxy) is 1. The van der Waals surface area contributed by atoms with Crippen molar-refractivity contribution in [2.75, 3.05) is 19.7 Å². The molecule has 5 fully saturated rings. The number of morpholine rings is 1. The Balaban J connectivity index is 1.21. The molecule has 3 atom stereocenters. The normalized spacial score (nSPS) is 35.4. The fraction of sp³-hybridized carbons (Fsp3) is 0.667. The van der Waals surface area contributed by atoms with Gasteiger partial charge in [-0.3, -0.25) is 14.5 Å². The lowest BCUT2D eigenvalue weighted by atomic mass is 9.47. The lowest BCUT2D eigenvalue weighted by Crippen LogP contribution is -2.63. The minimum Gasteiger partial charge on any atom is -0.369 e. The monoisotopic (exact) mass is 483 g/mol. The molecular formula is C24H29F4N3O3. The summed E-state index contributed by atoms with van der Waals surface area (Å²) in [5.74, 6) is -0.825. The predicted octanol–water partition coefficient (Wildman–Crippen LogP) is 2.84. The zero-order valence-electron chi connectivity index (χ0n) is 18.7. The quantitative estimate of drug-likeness (QED) is 0.631. The van der Waals surface area contributed by atoms with Crippen LogP contribution >= 0.6 is 0 Å². The summed E-state index contributed by atoms with van der Waals surface area (Å²) in [6, 6.07) is 2.97. The standard InChI is InChI=1S/C24H29F4N3O3/c25-18-2-1-13(7-17(18)24(26,27)28)11-31-3-4-34-19(12-31)21(32)30-20-15-5-14-6-16(20)10-23(8-14,9-15)22(29)33/h1-2,7,14-16,19-20H,3-6,8-12H2,(H2,29,33)(H,30,32)/t14?,15?,16?,19-,20?,23?/m1/s1. The fourth-order valence-corrected chi connectivity index (χ4v) is 6.97. The van der Waals surface area contributed by atoms with E-state index in [0.29, 0.717) is 30.9 Å². The van der Waals surface area contributed by atoms with E-state index < -0.39 is 29.1 Å². The van der Waals surface area contributed by atoms with Gasteiger partial charge < -0.3 is 15.8 Å². The van der Waals surface area contributed by atoms with Crippen LogP contribution in [0.3, 0.4) is 0 Å². The van der Waals surface area contributed by atoms with Crippen LogP contribution < -0.4 is 11.1 Å². The van der Waals surface area contributed by atoms with Crippen molar-refractivity contribution >= 4 is 11.8 Å². The highest BCUT2D eigenvalue weighted by Crippen LogP contribution is 2.59. The number of carbonyl (C=O) groups is 2. The number of benzene rings is 1. The zero-order valence-corrected chi connectivity index (χ0v) is 18.7. The average Bonchev–Trinajstić information content (AvgIpc) is 2.76. The van der Waals surface area contributed by atoms with Crippen LogP contribution in [-0.4, -0.2) is 48.6 Å². The number of nitrogens with zero attached hydrogens (tertiary/aromatic N) is 1. The number of nitrogens with one attached hydrogen (secondary N) is 1. The average molecular weight is 484 g/mol. The van der Waals surface area contributed by atoms with Crippen LogP contribution in [0.25, 0.3) is 0 Å².